The van der Waals surface area contributed by atoms with Crippen molar-refractivity contribution >= 4 is 128 Å². The van der Waals surface area contributed by atoms with Crippen LogP contribution in [0.15, 0.2) is 147 Å². The molecule has 0 radical (unpaired) electrons. The molecule has 2 amide bonds. The van der Waals surface area contributed by atoms with Gasteiger partial charge in [0.2, 0.25) is 11.8 Å². The number of nitrogens with one attached hydrogen (secondary N) is 2. The average molecular weight is 1950 g/mol. The predicted molar refractivity (Wildman–Crippen MR) is 504 cm³/mol. The van der Waals surface area contributed by atoms with E-state index in [0.717, 1.165) is 73.6 Å². The minimum absolute atomic E-state index is 0.0716. The first kappa shape index (κ1) is 100. The third-order valence-corrected chi connectivity index (χ3v) is 24.3. The number of nitrogen functional groups attached to an aromatic ring is 4. The summed E-state index contributed by atoms with van der Waals surface area (Å²) >= 11 is 49.2. The molecule has 10 heterocycles. The fourth-order valence-electron chi connectivity index (χ4n) is 13.9. The van der Waals surface area contributed by atoms with Gasteiger partial charge in [-0.05, 0) is 174 Å². The maximum Gasteiger partial charge on any atom is 0.247 e. The van der Waals surface area contributed by atoms with E-state index in [1.807, 2.05) is 49.5 Å². The fourth-order valence-corrected chi connectivity index (χ4v) is 16.6. The molecular formula is C91H102Cl8F4N20O7. The smallest absolute Gasteiger partial charge is 0.247 e. The summed E-state index contributed by atoms with van der Waals surface area (Å²) in [5.74, 6) is -0.0671. The van der Waals surface area contributed by atoms with E-state index >= 15 is 0 Å². The molecule has 12 aromatic rings. The summed E-state index contributed by atoms with van der Waals surface area (Å²) in [5, 5.41) is 24.4. The highest BCUT2D eigenvalue weighted by atomic mass is 35.5. The number of halogens is 12. The molecule has 2 saturated heterocycles. The van der Waals surface area contributed by atoms with Crippen LogP contribution in [0.2, 0.25) is 40.2 Å². The summed E-state index contributed by atoms with van der Waals surface area (Å²) in [4.78, 5) is 47.4. The van der Waals surface area contributed by atoms with Gasteiger partial charge in [0.1, 0.15) is 58.8 Å². The number of amides is 2. The summed E-state index contributed by atoms with van der Waals surface area (Å²) in [7, 11) is 0. The van der Waals surface area contributed by atoms with Crippen LogP contribution >= 0.6 is 92.8 Å². The van der Waals surface area contributed by atoms with E-state index < -0.39 is 58.8 Å². The van der Waals surface area contributed by atoms with Gasteiger partial charge in [-0.2, -0.15) is 20.4 Å². The van der Waals surface area contributed by atoms with Gasteiger partial charge in [-0.3, -0.25) is 33.2 Å². The van der Waals surface area contributed by atoms with Crippen molar-refractivity contribution in [2.45, 2.75) is 144 Å². The molecule has 692 valence electrons. The summed E-state index contributed by atoms with van der Waals surface area (Å²) in [6.07, 6.45) is 20.5. The minimum atomic E-state index is -0.927. The van der Waals surface area contributed by atoms with Crippen LogP contribution in [-0.2, 0) is 31.9 Å². The van der Waals surface area contributed by atoms with E-state index in [0.29, 0.717) is 92.7 Å². The highest BCUT2D eigenvalue weighted by molar-refractivity contribution is 6.38. The van der Waals surface area contributed by atoms with Crippen molar-refractivity contribution in [2.75, 3.05) is 88.5 Å². The van der Waals surface area contributed by atoms with Gasteiger partial charge in [0.25, 0.3) is 0 Å². The van der Waals surface area contributed by atoms with Crippen molar-refractivity contribution in [2.24, 2.45) is 5.92 Å². The van der Waals surface area contributed by atoms with E-state index in [1.165, 1.54) is 61.4 Å². The molecule has 0 saturated carbocycles. The number of aromatic nitrogens is 12. The van der Waals surface area contributed by atoms with Crippen LogP contribution in [0.3, 0.4) is 0 Å². The van der Waals surface area contributed by atoms with Gasteiger partial charge in [-0.25, -0.2) is 37.5 Å². The first-order valence-electron chi connectivity index (χ1n) is 41.7. The molecule has 2 aliphatic rings. The number of ether oxygens (including phenoxy) is 5. The summed E-state index contributed by atoms with van der Waals surface area (Å²) in [6, 6.07) is 17.8. The Morgan fingerprint density at radius 1 is 0.415 bits per heavy atom. The number of hydrogen-bond acceptors (Lipinski definition) is 21. The molecule has 27 nitrogen and oxygen atoms in total. The molecule has 8 aromatic heterocycles. The molecule has 2 fully saturated rings. The van der Waals surface area contributed by atoms with Crippen LogP contribution in [-0.4, -0.2) is 146 Å². The van der Waals surface area contributed by atoms with Gasteiger partial charge in [0.05, 0.1) is 58.1 Å². The number of pyridine rings is 4. The Labute approximate surface area is 791 Å². The van der Waals surface area contributed by atoms with Crippen LogP contribution in [0, 0.1) is 29.2 Å². The van der Waals surface area contributed by atoms with Crippen molar-refractivity contribution in [3.05, 3.63) is 233 Å². The summed E-state index contributed by atoms with van der Waals surface area (Å²) < 4.78 is 91.8. The highest BCUT2D eigenvalue weighted by Gasteiger charge is 2.34. The Balaban J connectivity index is 0.000000169. The van der Waals surface area contributed by atoms with Crippen LogP contribution in [0.25, 0.3) is 44.5 Å². The van der Waals surface area contributed by atoms with Gasteiger partial charge in [-0.15, -0.1) is 0 Å². The Morgan fingerprint density at radius 2 is 0.715 bits per heavy atom. The molecule has 0 bridgehead atoms. The second-order valence-electron chi connectivity index (χ2n) is 32.6. The average Bonchev–Trinajstić information content (AvgIpc) is 1.72. The van der Waals surface area contributed by atoms with Crippen LogP contribution < -0.4 is 52.5 Å². The van der Waals surface area contributed by atoms with Crippen molar-refractivity contribution in [1.29, 1.82) is 0 Å². The zero-order valence-electron chi connectivity index (χ0n) is 73.5. The number of carbonyl (C=O) groups excluding carboxylic acids is 2. The number of nitrogens with two attached hydrogens (primary N) is 4. The molecule has 2 aliphatic heterocycles. The lowest BCUT2D eigenvalue weighted by Crippen LogP contribution is -2.48. The van der Waals surface area contributed by atoms with Crippen molar-refractivity contribution < 1.29 is 50.8 Å². The maximum absolute atomic E-state index is 14.0. The number of morpholine rings is 1. The number of hydrogen-bond donors (Lipinski definition) is 6. The number of nitrogens with zero attached hydrogens (tertiary/aromatic N) is 14. The number of anilines is 4. The first-order chi connectivity index (χ1) is 61.7. The number of benzene rings is 4. The molecule has 4 aromatic carbocycles. The van der Waals surface area contributed by atoms with Crippen molar-refractivity contribution in [1.82, 2.24) is 79.5 Å². The Kier molecular flexibility index (Phi) is 34.4. The second-order valence-corrected chi connectivity index (χ2v) is 35.8. The van der Waals surface area contributed by atoms with Gasteiger partial charge in [0.15, 0.2) is 46.3 Å². The molecular weight excluding hydrogens is 1840 g/mol. The highest BCUT2D eigenvalue weighted by Crippen LogP contribution is 2.43. The zero-order valence-corrected chi connectivity index (χ0v) is 79.5. The van der Waals surface area contributed by atoms with Gasteiger partial charge < -0.3 is 62.2 Å². The molecule has 10 N–H and O–H groups in total. The lowest BCUT2D eigenvalue weighted by Gasteiger charge is -2.28. The lowest BCUT2D eigenvalue weighted by molar-refractivity contribution is -0.129. The monoisotopic (exact) mass is 1940 g/mol. The van der Waals surface area contributed by atoms with Gasteiger partial charge in [0, 0.05) is 188 Å². The SMILES string of the molecule is CC(C)Cn1cc(-c2cnc(N)c(OC(C)c3c(Cl)ccc(F)c3Cl)c2)cn1.CC(Oc1cc(-c2cnn(C(C)(C)C(=O)NCCN3CCCC3)c2)cnc1N)c1c(Cl)ccc(F)c1Cl.CC(Oc1cc(-c2cnn(C(C)(C)C(=O)NCCN3CCOCC3)c2)cnc1N)c1c(Cl)ccc(F)c1Cl.CC(Oc1cc(-c2cnn(C(C)C)c2)cnc1N)c1c(Cl)ccc(F)c1Cl. The van der Waals surface area contributed by atoms with Crippen molar-refractivity contribution in [3.63, 3.8) is 0 Å². The summed E-state index contributed by atoms with van der Waals surface area (Å²) in [6.45, 7) is 31.3. The number of carbonyl (C=O) groups is 2. The van der Waals surface area contributed by atoms with Crippen LogP contribution in [0.5, 0.6) is 23.0 Å². The molecule has 0 aliphatic carbocycles. The largest absolute Gasteiger partial charge is 0.482 e. The Hall–Kier alpha value is -10.4. The van der Waals surface area contributed by atoms with E-state index in [1.54, 1.807) is 137 Å². The molecule has 4 atom stereocenters. The second kappa shape index (κ2) is 44.7. The molecule has 14 rings (SSSR count). The van der Waals surface area contributed by atoms with Crippen LogP contribution in [0.4, 0.5) is 40.8 Å². The molecule has 39 heteroatoms. The normalized spacial score (nSPS) is 14.0. The molecule has 0 spiro atoms. The maximum atomic E-state index is 14.0. The third-order valence-electron chi connectivity index (χ3n) is 21.5. The quantitative estimate of drug-likeness (QED) is 0.0187. The predicted octanol–water partition coefficient (Wildman–Crippen LogP) is 20.8. The first-order valence-corrected chi connectivity index (χ1v) is 44.7. The fraction of sp³-hybridized carbons (Fsp3) is 0.363. The van der Waals surface area contributed by atoms with Gasteiger partial charge in [-0.1, -0.05) is 107 Å². The number of likely N-dealkylation sites (tertiary alicyclic amines) is 1. The van der Waals surface area contributed by atoms with E-state index in [9.17, 15) is 27.2 Å². The van der Waals surface area contributed by atoms with E-state index in [-0.39, 0.29) is 82.8 Å². The van der Waals surface area contributed by atoms with Crippen LogP contribution in [0.1, 0.15) is 149 Å². The lowest BCUT2D eigenvalue weighted by atomic mass is 10.0. The summed E-state index contributed by atoms with van der Waals surface area (Å²) in [5.41, 5.74) is 29.7. The van der Waals surface area contributed by atoms with Gasteiger partial charge >= 0.3 is 0 Å². The molecule has 4 unspecified atom stereocenters. The van der Waals surface area contributed by atoms with E-state index in [4.69, 9.17) is 139 Å². The minimum Gasteiger partial charge on any atom is -0.482 e. The Bertz CT molecular complexity index is 5950. The van der Waals surface area contributed by atoms with Crippen molar-refractivity contribution in [3.8, 4) is 67.5 Å². The Morgan fingerprint density at radius 3 is 1.03 bits per heavy atom. The molecule has 130 heavy (non-hydrogen) atoms. The number of rotatable bonds is 29. The van der Waals surface area contributed by atoms with E-state index in [2.05, 4.69) is 74.6 Å². The third kappa shape index (κ3) is 25.0. The topological polar surface area (TPSA) is 338 Å². The zero-order chi connectivity index (χ0) is 94.3. The standard InChI is InChI=1S/C26H31Cl2FN6O3.C26H31Cl2FN6O2.C20H21Cl2FN4O.C19H19Cl2FN4O/c1-16(22-19(27)4-5-20(29)23(22)28)38-21-12-17(13-32-24(21)30)18-14-33-35(15-18)26(2,3)25(36)31-6-7-34-8-10-37-11-9-34;1-16(22-19(27)6-7-20(29)23(22)28)37-21-12-17(13-32-24(21)30)18-14-33-35(15-18)26(2,3)25(36)31-8-11-34-9-4-5-10-34;1-11(2)9-27-10-14(8-26-27)13-6-17(20(24)25-7-13)28-12(3)18-15(21)4-5-16(23)19(18)22;1-10(2)26-9-13(8-25-26)12-6-16(19(23)24-7-12)27-11(3)17-14(20)4-5-15(22)18(17)21/h4-5,12-16H,6-11H2,1-3H3,(H2,30,32)(H,31,36);6-7,12-16H,4-5,8-11H2,1-3H3,(H2,30,32)(H,31,36);4-8,10-12H,9H2,1-3H3,(H2,24,25);4-11H,1-3H3,(H2,23,24).